The SMILES string of the molecule is CCC1CCN(C(=O)N2C(c3ccccc3C)=NC(c3ccc(C)cc3)C2c2ccc(C)cc2)CC1. The van der Waals surface area contributed by atoms with Gasteiger partial charge in [-0.15, -0.1) is 0 Å². The number of nitrogens with zero attached hydrogens (tertiary/aromatic N) is 3. The Hall–Kier alpha value is -3.40. The fourth-order valence-corrected chi connectivity index (χ4v) is 5.57. The van der Waals surface area contributed by atoms with Gasteiger partial charge in [0, 0.05) is 18.7 Å². The van der Waals surface area contributed by atoms with Crippen molar-refractivity contribution in [1.82, 2.24) is 9.80 Å². The van der Waals surface area contributed by atoms with Crippen LogP contribution >= 0.6 is 0 Å². The number of aryl methyl sites for hydroxylation is 3. The molecule has 2 aliphatic rings. The molecule has 0 spiro atoms. The van der Waals surface area contributed by atoms with Gasteiger partial charge >= 0.3 is 6.03 Å². The van der Waals surface area contributed by atoms with Crippen LogP contribution in [0, 0.1) is 26.7 Å². The van der Waals surface area contributed by atoms with Crippen LogP contribution in [0.3, 0.4) is 0 Å². The van der Waals surface area contributed by atoms with Gasteiger partial charge in [0.1, 0.15) is 11.9 Å². The number of amides is 2. The molecular formula is C32H37N3O. The molecule has 2 heterocycles. The Labute approximate surface area is 215 Å². The molecular weight excluding hydrogens is 442 g/mol. The molecule has 4 heteroatoms. The number of aliphatic imine (C=N–C) groups is 1. The summed E-state index contributed by atoms with van der Waals surface area (Å²) in [7, 11) is 0. The van der Waals surface area contributed by atoms with Gasteiger partial charge in [-0.05, 0) is 56.2 Å². The number of carbonyl (C=O) groups excluding carboxylic acids is 1. The quantitative estimate of drug-likeness (QED) is 0.384. The third kappa shape index (κ3) is 4.69. The van der Waals surface area contributed by atoms with Crippen molar-refractivity contribution in [3.8, 4) is 0 Å². The Bertz CT molecular complexity index is 1240. The lowest BCUT2D eigenvalue weighted by molar-refractivity contribution is 0.141. The minimum Gasteiger partial charge on any atom is -0.324 e. The highest BCUT2D eigenvalue weighted by molar-refractivity contribution is 6.10. The highest BCUT2D eigenvalue weighted by Crippen LogP contribution is 2.44. The summed E-state index contributed by atoms with van der Waals surface area (Å²) in [5, 5.41) is 0. The van der Waals surface area contributed by atoms with E-state index in [0.29, 0.717) is 5.92 Å². The van der Waals surface area contributed by atoms with Crippen LogP contribution in [0.15, 0.2) is 77.8 Å². The Kier molecular flexibility index (Phi) is 6.95. The molecule has 0 N–H and O–H groups in total. The first-order valence-electron chi connectivity index (χ1n) is 13.3. The Morgan fingerprint density at radius 3 is 2.00 bits per heavy atom. The number of likely N-dealkylation sites (tertiary alicyclic amines) is 1. The van der Waals surface area contributed by atoms with Crippen molar-refractivity contribution in [3.63, 3.8) is 0 Å². The molecule has 0 aliphatic carbocycles. The number of hydrogen-bond acceptors (Lipinski definition) is 2. The van der Waals surface area contributed by atoms with E-state index in [4.69, 9.17) is 4.99 Å². The first kappa shape index (κ1) is 24.3. The third-order valence-corrected chi connectivity index (χ3v) is 7.96. The van der Waals surface area contributed by atoms with Crippen molar-refractivity contribution >= 4 is 11.9 Å². The maximum atomic E-state index is 14.3. The van der Waals surface area contributed by atoms with E-state index < -0.39 is 0 Å². The normalized spacial score (nSPS) is 20.5. The zero-order chi connectivity index (χ0) is 25.2. The average molecular weight is 480 g/mol. The molecule has 5 rings (SSSR count). The van der Waals surface area contributed by atoms with E-state index in [1.807, 2.05) is 17.0 Å². The number of amidine groups is 1. The first-order chi connectivity index (χ1) is 17.5. The Morgan fingerprint density at radius 1 is 0.833 bits per heavy atom. The predicted octanol–water partition coefficient (Wildman–Crippen LogP) is 7.40. The van der Waals surface area contributed by atoms with E-state index in [1.165, 1.54) is 17.5 Å². The largest absolute Gasteiger partial charge is 0.326 e. The number of carbonyl (C=O) groups is 1. The lowest BCUT2D eigenvalue weighted by Crippen LogP contribution is -2.49. The molecule has 3 aromatic rings. The van der Waals surface area contributed by atoms with E-state index in [1.54, 1.807) is 0 Å². The molecule has 2 amide bonds. The van der Waals surface area contributed by atoms with Crippen molar-refractivity contribution in [1.29, 1.82) is 0 Å². The molecule has 36 heavy (non-hydrogen) atoms. The zero-order valence-corrected chi connectivity index (χ0v) is 21.9. The molecule has 186 valence electrons. The van der Waals surface area contributed by atoms with Gasteiger partial charge in [0.25, 0.3) is 0 Å². The lowest BCUT2D eigenvalue weighted by atomic mass is 9.92. The van der Waals surface area contributed by atoms with E-state index >= 15 is 0 Å². The summed E-state index contributed by atoms with van der Waals surface area (Å²) in [6.07, 6.45) is 3.33. The summed E-state index contributed by atoms with van der Waals surface area (Å²) in [5.74, 6) is 1.50. The smallest absolute Gasteiger partial charge is 0.324 e. The zero-order valence-electron chi connectivity index (χ0n) is 21.9. The van der Waals surface area contributed by atoms with Gasteiger partial charge in [0.15, 0.2) is 0 Å². The van der Waals surface area contributed by atoms with Crippen LogP contribution < -0.4 is 0 Å². The van der Waals surface area contributed by atoms with Gasteiger partial charge in [0.2, 0.25) is 0 Å². The minimum atomic E-state index is -0.195. The standard InChI is InChI=1S/C32H37N3O/c1-5-25-18-20-34(21-19-25)32(36)35-30(27-16-12-23(3)13-17-27)29(26-14-10-22(2)11-15-26)33-31(35)28-9-7-6-8-24(28)4/h6-17,25,29-30H,5,18-21H2,1-4H3. The number of hydrogen-bond donors (Lipinski definition) is 0. The van der Waals surface area contributed by atoms with Gasteiger partial charge in [-0.1, -0.05) is 97.3 Å². The number of benzene rings is 3. The van der Waals surface area contributed by atoms with Crippen LogP contribution in [0.2, 0.25) is 0 Å². The van der Waals surface area contributed by atoms with Gasteiger partial charge < -0.3 is 4.90 Å². The maximum absolute atomic E-state index is 14.3. The summed E-state index contributed by atoms with van der Waals surface area (Å²) in [4.78, 5) is 23.7. The molecule has 0 bridgehead atoms. The second-order valence-corrected chi connectivity index (χ2v) is 10.5. The summed E-state index contributed by atoms with van der Waals surface area (Å²) in [6.45, 7) is 10.2. The summed E-state index contributed by atoms with van der Waals surface area (Å²) in [6, 6.07) is 25.2. The van der Waals surface area contributed by atoms with Gasteiger partial charge in [-0.3, -0.25) is 9.89 Å². The average Bonchev–Trinajstić information content (AvgIpc) is 3.29. The van der Waals surface area contributed by atoms with E-state index in [2.05, 4.69) is 93.3 Å². The summed E-state index contributed by atoms with van der Waals surface area (Å²) in [5.41, 5.74) is 6.85. The number of piperidine rings is 1. The molecule has 1 fully saturated rings. The molecule has 4 nitrogen and oxygen atoms in total. The van der Waals surface area contributed by atoms with Crippen LogP contribution in [0.1, 0.15) is 71.7 Å². The monoisotopic (exact) mass is 479 g/mol. The van der Waals surface area contributed by atoms with Crippen molar-refractivity contribution < 1.29 is 4.79 Å². The van der Waals surface area contributed by atoms with Crippen molar-refractivity contribution in [2.24, 2.45) is 10.9 Å². The molecule has 2 unspecified atom stereocenters. The number of urea groups is 1. The maximum Gasteiger partial charge on any atom is 0.326 e. The van der Waals surface area contributed by atoms with E-state index in [-0.39, 0.29) is 18.1 Å². The fraction of sp³-hybridized carbons (Fsp3) is 0.375. The first-order valence-corrected chi connectivity index (χ1v) is 13.3. The summed E-state index contributed by atoms with van der Waals surface area (Å²) >= 11 is 0. The topological polar surface area (TPSA) is 35.9 Å². The molecule has 0 saturated carbocycles. The van der Waals surface area contributed by atoms with Crippen LogP contribution in [-0.4, -0.2) is 34.8 Å². The molecule has 2 aliphatic heterocycles. The van der Waals surface area contributed by atoms with E-state index in [0.717, 1.165) is 54.0 Å². The van der Waals surface area contributed by atoms with Crippen LogP contribution in [0.5, 0.6) is 0 Å². The molecule has 2 atom stereocenters. The summed E-state index contributed by atoms with van der Waals surface area (Å²) < 4.78 is 0. The third-order valence-electron chi connectivity index (χ3n) is 7.96. The molecule has 3 aromatic carbocycles. The highest BCUT2D eigenvalue weighted by atomic mass is 16.2. The highest BCUT2D eigenvalue weighted by Gasteiger charge is 2.44. The van der Waals surface area contributed by atoms with Crippen molar-refractivity contribution in [2.45, 2.75) is 59.0 Å². The lowest BCUT2D eigenvalue weighted by Gasteiger charge is -2.37. The van der Waals surface area contributed by atoms with E-state index in [9.17, 15) is 4.79 Å². The minimum absolute atomic E-state index is 0.0757. The van der Waals surface area contributed by atoms with Gasteiger partial charge in [-0.2, -0.15) is 0 Å². The van der Waals surface area contributed by atoms with Gasteiger partial charge in [-0.25, -0.2) is 4.79 Å². The van der Waals surface area contributed by atoms with Crippen LogP contribution in [-0.2, 0) is 0 Å². The number of rotatable bonds is 4. The van der Waals surface area contributed by atoms with Gasteiger partial charge in [0.05, 0.1) is 6.04 Å². The molecule has 0 aromatic heterocycles. The molecule has 0 radical (unpaired) electrons. The van der Waals surface area contributed by atoms with Crippen LogP contribution in [0.4, 0.5) is 4.79 Å². The second-order valence-electron chi connectivity index (χ2n) is 10.5. The fourth-order valence-electron chi connectivity index (χ4n) is 5.57. The Morgan fingerprint density at radius 2 is 1.42 bits per heavy atom. The van der Waals surface area contributed by atoms with Crippen molar-refractivity contribution in [2.75, 3.05) is 13.1 Å². The second kappa shape index (κ2) is 10.3. The Balaban J connectivity index is 1.63. The predicted molar refractivity (Wildman–Crippen MR) is 147 cm³/mol. The van der Waals surface area contributed by atoms with Crippen molar-refractivity contribution in [3.05, 3.63) is 106 Å². The molecule has 1 saturated heterocycles. The van der Waals surface area contributed by atoms with Crippen LogP contribution in [0.25, 0.3) is 0 Å².